The Morgan fingerprint density at radius 3 is 2.33 bits per heavy atom. The van der Waals surface area contributed by atoms with Gasteiger partial charge < -0.3 is 4.79 Å². The van der Waals surface area contributed by atoms with Crippen LogP contribution in [-0.4, -0.2) is 16.7 Å². The molecule has 2 atom stereocenters. The quantitative estimate of drug-likeness (QED) is 0.587. The number of nitro groups is 1. The molecule has 5 heteroatoms. The van der Waals surface area contributed by atoms with Crippen molar-refractivity contribution < 1.29 is 9.72 Å². The molecular formula is C13H16ClNO3. The molecule has 0 radical (unpaired) electrons. The summed E-state index contributed by atoms with van der Waals surface area (Å²) in [5.41, 5.74) is 0.790. The molecular weight excluding hydrogens is 254 g/mol. The van der Waals surface area contributed by atoms with Crippen LogP contribution in [0.25, 0.3) is 0 Å². The standard InChI is InChI=1S/C13H16ClNO3/c1-3-13(15(17)18)12(8-9(2)16)10-4-6-11(14)7-5-10/h4-7,12-13H,3,8H2,1-2H3/t12-,13-/m0/s1. The van der Waals surface area contributed by atoms with Crippen LogP contribution in [0.1, 0.15) is 38.2 Å². The molecule has 0 saturated carbocycles. The lowest BCUT2D eigenvalue weighted by atomic mass is 9.86. The fourth-order valence-electron chi connectivity index (χ4n) is 2.08. The first-order chi connectivity index (χ1) is 8.45. The molecule has 0 saturated heterocycles. The highest BCUT2D eigenvalue weighted by molar-refractivity contribution is 6.30. The number of nitrogens with zero attached hydrogens (tertiary/aromatic N) is 1. The average Bonchev–Trinajstić information content (AvgIpc) is 2.28. The lowest BCUT2D eigenvalue weighted by Gasteiger charge is -2.19. The fourth-order valence-corrected chi connectivity index (χ4v) is 2.20. The van der Waals surface area contributed by atoms with E-state index in [-0.39, 0.29) is 23.0 Å². The third-order valence-electron chi connectivity index (χ3n) is 2.96. The van der Waals surface area contributed by atoms with E-state index in [1.807, 2.05) is 0 Å². The lowest BCUT2D eigenvalue weighted by Crippen LogP contribution is -2.28. The predicted molar refractivity (Wildman–Crippen MR) is 70.6 cm³/mol. The van der Waals surface area contributed by atoms with E-state index in [4.69, 9.17) is 11.6 Å². The first-order valence-electron chi connectivity index (χ1n) is 5.84. The van der Waals surface area contributed by atoms with Gasteiger partial charge in [-0.2, -0.15) is 0 Å². The Bertz CT molecular complexity index is 430. The Morgan fingerprint density at radius 1 is 1.39 bits per heavy atom. The summed E-state index contributed by atoms with van der Waals surface area (Å²) in [6.07, 6.45) is 0.578. The molecule has 0 aliphatic heterocycles. The van der Waals surface area contributed by atoms with Gasteiger partial charge in [-0.15, -0.1) is 0 Å². The Morgan fingerprint density at radius 2 is 1.94 bits per heavy atom. The largest absolute Gasteiger partial charge is 0.300 e. The van der Waals surface area contributed by atoms with E-state index in [1.54, 1.807) is 31.2 Å². The molecule has 0 N–H and O–H groups in total. The second-order valence-electron chi connectivity index (χ2n) is 4.33. The zero-order chi connectivity index (χ0) is 13.7. The molecule has 98 valence electrons. The number of carbonyl (C=O) groups is 1. The van der Waals surface area contributed by atoms with Gasteiger partial charge in [-0.1, -0.05) is 30.7 Å². The van der Waals surface area contributed by atoms with Crippen molar-refractivity contribution in [3.63, 3.8) is 0 Å². The summed E-state index contributed by atoms with van der Waals surface area (Å²) in [7, 11) is 0. The highest BCUT2D eigenvalue weighted by Gasteiger charge is 2.31. The van der Waals surface area contributed by atoms with Crippen LogP contribution in [0.15, 0.2) is 24.3 Å². The van der Waals surface area contributed by atoms with Crippen molar-refractivity contribution in [2.45, 2.75) is 38.6 Å². The summed E-state index contributed by atoms with van der Waals surface area (Å²) in [6.45, 7) is 3.21. The molecule has 1 aromatic carbocycles. The van der Waals surface area contributed by atoms with E-state index in [0.717, 1.165) is 5.56 Å². The second kappa shape index (κ2) is 6.50. The van der Waals surface area contributed by atoms with Gasteiger partial charge >= 0.3 is 0 Å². The third-order valence-corrected chi connectivity index (χ3v) is 3.21. The van der Waals surface area contributed by atoms with E-state index in [1.165, 1.54) is 6.92 Å². The summed E-state index contributed by atoms with van der Waals surface area (Å²) < 4.78 is 0. The molecule has 1 aromatic rings. The maximum absolute atomic E-state index is 11.3. The summed E-state index contributed by atoms with van der Waals surface area (Å²) >= 11 is 5.80. The molecule has 0 spiro atoms. The van der Waals surface area contributed by atoms with Gasteiger partial charge in [0.1, 0.15) is 5.78 Å². The van der Waals surface area contributed by atoms with Gasteiger partial charge in [0.05, 0.1) is 5.92 Å². The highest BCUT2D eigenvalue weighted by Crippen LogP contribution is 2.28. The molecule has 0 bridgehead atoms. The van der Waals surface area contributed by atoms with Crippen molar-refractivity contribution in [2.24, 2.45) is 0 Å². The molecule has 0 unspecified atom stereocenters. The number of hydrogen-bond acceptors (Lipinski definition) is 3. The van der Waals surface area contributed by atoms with Crippen LogP contribution in [0.4, 0.5) is 0 Å². The number of benzene rings is 1. The van der Waals surface area contributed by atoms with Crippen molar-refractivity contribution in [1.29, 1.82) is 0 Å². The number of Topliss-reactive ketones (excluding diaryl/α,β-unsaturated/α-hetero) is 1. The van der Waals surface area contributed by atoms with Crippen LogP contribution < -0.4 is 0 Å². The van der Waals surface area contributed by atoms with E-state index in [9.17, 15) is 14.9 Å². The average molecular weight is 270 g/mol. The topological polar surface area (TPSA) is 60.2 Å². The van der Waals surface area contributed by atoms with Gasteiger partial charge in [0, 0.05) is 22.8 Å². The number of carbonyl (C=O) groups excluding carboxylic acids is 1. The van der Waals surface area contributed by atoms with Crippen molar-refractivity contribution in [1.82, 2.24) is 0 Å². The molecule has 0 aliphatic rings. The van der Waals surface area contributed by atoms with Crippen LogP contribution in [0.3, 0.4) is 0 Å². The SMILES string of the molecule is CC[C@@H]([C@@H](CC(C)=O)c1ccc(Cl)cc1)[N+](=O)[O-]. The second-order valence-corrected chi connectivity index (χ2v) is 4.76. The molecule has 0 heterocycles. The van der Waals surface area contributed by atoms with Gasteiger partial charge in [0.25, 0.3) is 0 Å². The summed E-state index contributed by atoms with van der Waals surface area (Å²) in [5.74, 6) is -0.435. The van der Waals surface area contributed by atoms with E-state index < -0.39 is 6.04 Å². The van der Waals surface area contributed by atoms with Gasteiger partial charge in [-0.05, 0) is 24.6 Å². The summed E-state index contributed by atoms with van der Waals surface area (Å²) in [6, 6.07) is 6.15. The highest BCUT2D eigenvalue weighted by atomic mass is 35.5. The normalized spacial score (nSPS) is 13.9. The minimum absolute atomic E-state index is 0.0461. The van der Waals surface area contributed by atoms with E-state index >= 15 is 0 Å². The Kier molecular flexibility index (Phi) is 5.28. The van der Waals surface area contributed by atoms with Crippen molar-refractivity contribution in [3.8, 4) is 0 Å². The van der Waals surface area contributed by atoms with Crippen LogP contribution >= 0.6 is 11.6 Å². The number of hydrogen-bond donors (Lipinski definition) is 0. The zero-order valence-corrected chi connectivity index (χ0v) is 11.2. The van der Waals surface area contributed by atoms with Crippen LogP contribution in [0.5, 0.6) is 0 Å². The third kappa shape index (κ3) is 3.81. The smallest absolute Gasteiger partial charge is 0.220 e. The molecule has 0 amide bonds. The molecule has 1 rings (SSSR count). The van der Waals surface area contributed by atoms with E-state index in [0.29, 0.717) is 11.4 Å². The Hall–Kier alpha value is -1.42. The number of halogens is 1. The summed E-state index contributed by atoms with van der Waals surface area (Å²) in [4.78, 5) is 22.0. The zero-order valence-electron chi connectivity index (χ0n) is 10.4. The van der Waals surface area contributed by atoms with Crippen molar-refractivity contribution in [2.75, 3.05) is 0 Å². The van der Waals surface area contributed by atoms with Crippen molar-refractivity contribution in [3.05, 3.63) is 45.0 Å². The number of rotatable bonds is 6. The first-order valence-corrected chi connectivity index (χ1v) is 6.21. The van der Waals surface area contributed by atoms with Crippen molar-refractivity contribution >= 4 is 17.4 Å². The Labute approximate surface area is 111 Å². The van der Waals surface area contributed by atoms with Crippen LogP contribution in [-0.2, 0) is 4.79 Å². The first kappa shape index (κ1) is 14.6. The summed E-state index contributed by atoms with van der Waals surface area (Å²) in [5, 5.41) is 11.6. The fraction of sp³-hybridized carbons (Fsp3) is 0.462. The van der Waals surface area contributed by atoms with E-state index in [2.05, 4.69) is 0 Å². The molecule has 0 aromatic heterocycles. The molecule has 0 fully saturated rings. The maximum atomic E-state index is 11.3. The van der Waals surface area contributed by atoms with Gasteiger partial charge in [-0.3, -0.25) is 10.1 Å². The molecule has 18 heavy (non-hydrogen) atoms. The monoisotopic (exact) mass is 269 g/mol. The molecule has 0 aliphatic carbocycles. The van der Waals surface area contributed by atoms with Gasteiger partial charge in [0.15, 0.2) is 0 Å². The number of ketones is 1. The van der Waals surface area contributed by atoms with Gasteiger partial charge in [-0.25, -0.2) is 0 Å². The van der Waals surface area contributed by atoms with Crippen LogP contribution in [0.2, 0.25) is 5.02 Å². The predicted octanol–water partition coefficient (Wildman–Crippen LogP) is 3.46. The molecule has 4 nitrogen and oxygen atoms in total. The maximum Gasteiger partial charge on any atom is 0.220 e. The minimum atomic E-state index is -0.741. The minimum Gasteiger partial charge on any atom is -0.300 e. The van der Waals surface area contributed by atoms with Gasteiger partial charge in [0.2, 0.25) is 6.04 Å². The van der Waals surface area contributed by atoms with Crippen LogP contribution in [0, 0.1) is 10.1 Å². The Balaban J connectivity index is 3.07. The lowest BCUT2D eigenvalue weighted by molar-refractivity contribution is -0.527.